The second-order valence-corrected chi connectivity index (χ2v) is 15.1. The molecule has 10 rings (SSSR count). The molecule has 0 N–H and O–H groups in total. The van der Waals surface area contributed by atoms with Crippen LogP contribution < -0.4 is 4.90 Å². The molecular weight excluding hydrogens is 641 g/mol. The molecule has 1 aliphatic rings. The number of rotatable bonds is 5. The van der Waals surface area contributed by atoms with Gasteiger partial charge in [-0.2, -0.15) is 0 Å². The van der Waals surface area contributed by atoms with E-state index in [9.17, 15) is 0 Å². The lowest BCUT2D eigenvalue weighted by atomic mass is 9.82. The van der Waals surface area contributed by atoms with Crippen molar-refractivity contribution in [2.45, 2.75) is 33.1 Å². The van der Waals surface area contributed by atoms with E-state index in [1.807, 2.05) is 0 Å². The van der Waals surface area contributed by atoms with E-state index in [4.69, 9.17) is 0 Å². The largest absolute Gasteiger partial charge is 0.310 e. The minimum atomic E-state index is -0.101. The molecule has 2 heteroatoms. The van der Waals surface area contributed by atoms with E-state index >= 15 is 0 Å². The zero-order valence-corrected chi connectivity index (χ0v) is 30.6. The third-order valence-electron chi connectivity index (χ3n) is 11.6. The van der Waals surface area contributed by atoms with Gasteiger partial charge in [0.1, 0.15) is 0 Å². The van der Waals surface area contributed by atoms with Crippen LogP contribution in [0.3, 0.4) is 0 Å². The van der Waals surface area contributed by atoms with Crippen LogP contribution in [-0.2, 0) is 5.41 Å². The Morgan fingerprint density at radius 1 is 0.453 bits per heavy atom. The second-order valence-electron chi connectivity index (χ2n) is 15.1. The molecule has 1 aromatic heterocycles. The summed E-state index contributed by atoms with van der Waals surface area (Å²) in [6.07, 6.45) is 0. The number of para-hydroxylation sites is 2. The van der Waals surface area contributed by atoms with Crippen LogP contribution >= 0.6 is 0 Å². The molecule has 1 aliphatic carbocycles. The molecule has 53 heavy (non-hydrogen) atoms. The Labute approximate surface area is 311 Å². The van der Waals surface area contributed by atoms with Crippen molar-refractivity contribution in [3.63, 3.8) is 0 Å². The topological polar surface area (TPSA) is 8.17 Å². The molecule has 0 saturated carbocycles. The van der Waals surface area contributed by atoms with Crippen LogP contribution in [0.15, 0.2) is 170 Å². The number of aromatic nitrogens is 1. The molecule has 0 aliphatic heterocycles. The van der Waals surface area contributed by atoms with Crippen molar-refractivity contribution in [3.05, 3.63) is 192 Å². The fourth-order valence-corrected chi connectivity index (χ4v) is 9.13. The van der Waals surface area contributed by atoms with Gasteiger partial charge in [0.05, 0.1) is 16.7 Å². The number of anilines is 3. The molecule has 0 saturated heterocycles. The Kier molecular flexibility index (Phi) is 7.00. The van der Waals surface area contributed by atoms with E-state index in [0.717, 1.165) is 11.4 Å². The molecule has 0 radical (unpaired) electrons. The summed E-state index contributed by atoms with van der Waals surface area (Å²) in [4.78, 5) is 2.48. The first-order chi connectivity index (χ1) is 25.9. The Morgan fingerprint density at radius 3 is 1.72 bits per heavy atom. The number of aryl methyl sites for hydroxylation is 2. The van der Waals surface area contributed by atoms with Crippen molar-refractivity contribution in [3.8, 4) is 27.9 Å². The summed E-state index contributed by atoms with van der Waals surface area (Å²) in [5.41, 5.74) is 17.4. The Balaban J connectivity index is 1.15. The second kappa shape index (κ2) is 11.8. The third-order valence-corrected chi connectivity index (χ3v) is 11.6. The van der Waals surface area contributed by atoms with Gasteiger partial charge in [-0.05, 0) is 130 Å². The van der Waals surface area contributed by atoms with Crippen molar-refractivity contribution >= 4 is 49.6 Å². The maximum Gasteiger partial charge on any atom is 0.0541 e. The highest BCUT2D eigenvalue weighted by Gasteiger charge is 2.36. The van der Waals surface area contributed by atoms with Crippen molar-refractivity contribution in [2.75, 3.05) is 4.90 Å². The van der Waals surface area contributed by atoms with Gasteiger partial charge < -0.3 is 9.47 Å². The molecular formula is C51H40N2. The number of hydrogen-bond acceptors (Lipinski definition) is 1. The maximum absolute atomic E-state index is 2.48. The number of benzene rings is 8. The Bertz CT molecular complexity index is 2810. The van der Waals surface area contributed by atoms with Crippen LogP contribution in [0.4, 0.5) is 17.1 Å². The van der Waals surface area contributed by atoms with Gasteiger partial charge in [0.2, 0.25) is 0 Å². The molecule has 2 nitrogen and oxygen atoms in total. The van der Waals surface area contributed by atoms with Crippen LogP contribution in [0.25, 0.3) is 60.5 Å². The highest BCUT2D eigenvalue weighted by Crippen LogP contribution is 2.51. The van der Waals surface area contributed by atoms with Crippen LogP contribution in [0.1, 0.15) is 36.1 Å². The summed E-state index contributed by atoms with van der Waals surface area (Å²) in [5.74, 6) is 0. The average Bonchev–Trinajstić information content (AvgIpc) is 3.64. The SMILES string of the molecule is Cc1cc(-c2cccc3ccccc23)cc(C)c1N(c1ccc(-n2c3ccccc3c3ccccc32)cc1)c1ccc2c(c1)C(C)(C)c1ccccc1-2. The molecule has 9 aromatic rings. The lowest BCUT2D eigenvalue weighted by molar-refractivity contribution is 0.660. The molecule has 8 aromatic carbocycles. The number of nitrogens with zero attached hydrogens (tertiary/aromatic N) is 2. The monoisotopic (exact) mass is 680 g/mol. The van der Waals surface area contributed by atoms with E-state index in [0.29, 0.717) is 0 Å². The lowest BCUT2D eigenvalue weighted by Crippen LogP contribution is -2.17. The summed E-state index contributed by atoms with van der Waals surface area (Å²) in [6.45, 7) is 9.26. The maximum atomic E-state index is 2.48. The number of fused-ring (bicyclic) bond motifs is 7. The highest BCUT2D eigenvalue weighted by atomic mass is 15.1. The van der Waals surface area contributed by atoms with E-state index in [2.05, 4.69) is 207 Å². The van der Waals surface area contributed by atoms with Gasteiger partial charge in [0, 0.05) is 33.2 Å². The molecule has 0 spiro atoms. The van der Waals surface area contributed by atoms with Crippen molar-refractivity contribution in [1.29, 1.82) is 0 Å². The smallest absolute Gasteiger partial charge is 0.0541 e. The Morgan fingerprint density at radius 2 is 1.00 bits per heavy atom. The zero-order chi connectivity index (χ0) is 35.8. The summed E-state index contributed by atoms with van der Waals surface area (Å²) in [6, 6.07) is 62.6. The molecule has 0 bridgehead atoms. The minimum absolute atomic E-state index is 0.101. The predicted octanol–water partition coefficient (Wildman–Crippen LogP) is 14.0. The predicted molar refractivity (Wildman–Crippen MR) is 225 cm³/mol. The zero-order valence-electron chi connectivity index (χ0n) is 30.6. The molecule has 254 valence electrons. The van der Waals surface area contributed by atoms with Gasteiger partial charge in [0.15, 0.2) is 0 Å². The molecule has 0 unspecified atom stereocenters. The van der Waals surface area contributed by atoms with Crippen LogP contribution in [0.2, 0.25) is 0 Å². The van der Waals surface area contributed by atoms with Gasteiger partial charge >= 0.3 is 0 Å². The van der Waals surface area contributed by atoms with E-state index in [-0.39, 0.29) is 5.41 Å². The van der Waals surface area contributed by atoms with Crippen LogP contribution in [0, 0.1) is 13.8 Å². The van der Waals surface area contributed by atoms with Crippen molar-refractivity contribution in [2.24, 2.45) is 0 Å². The minimum Gasteiger partial charge on any atom is -0.310 e. The third kappa shape index (κ3) is 4.79. The normalized spacial score (nSPS) is 13.1. The van der Waals surface area contributed by atoms with Crippen molar-refractivity contribution in [1.82, 2.24) is 4.57 Å². The van der Waals surface area contributed by atoms with Gasteiger partial charge in [0.25, 0.3) is 0 Å². The highest BCUT2D eigenvalue weighted by molar-refractivity contribution is 6.09. The summed E-state index contributed by atoms with van der Waals surface area (Å²) < 4.78 is 2.39. The summed E-state index contributed by atoms with van der Waals surface area (Å²) >= 11 is 0. The fraction of sp³-hybridized carbons (Fsp3) is 0.0980. The summed E-state index contributed by atoms with van der Waals surface area (Å²) in [5, 5.41) is 5.08. The van der Waals surface area contributed by atoms with E-state index < -0.39 is 0 Å². The first kappa shape index (κ1) is 31.4. The van der Waals surface area contributed by atoms with Crippen LogP contribution in [-0.4, -0.2) is 4.57 Å². The first-order valence-corrected chi connectivity index (χ1v) is 18.6. The lowest BCUT2D eigenvalue weighted by Gasteiger charge is -2.31. The van der Waals surface area contributed by atoms with Gasteiger partial charge in [-0.25, -0.2) is 0 Å². The Hall–Kier alpha value is -6.38. The van der Waals surface area contributed by atoms with Gasteiger partial charge in [-0.3, -0.25) is 0 Å². The van der Waals surface area contributed by atoms with Gasteiger partial charge in [-0.15, -0.1) is 0 Å². The standard InChI is InChI=1S/C51H40N2/c1-33-30-36(41-20-13-15-35-14-5-6-16-40(35)41)31-34(2)50(33)52(39-28-29-43-42-17-7-10-21-46(42)51(3,4)47(43)32-39)37-24-26-38(27-25-37)53-48-22-11-8-18-44(48)45-19-9-12-23-49(45)53/h5-32H,1-4H3. The number of hydrogen-bond donors (Lipinski definition) is 0. The first-order valence-electron chi connectivity index (χ1n) is 18.6. The van der Waals surface area contributed by atoms with E-state index in [1.165, 1.54) is 88.5 Å². The average molecular weight is 681 g/mol. The van der Waals surface area contributed by atoms with Gasteiger partial charge in [-0.1, -0.05) is 123 Å². The van der Waals surface area contributed by atoms with E-state index in [1.54, 1.807) is 0 Å². The molecule has 0 amide bonds. The van der Waals surface area contributed by atoms with Crippen molar-refractivity contribution < 1.29 is 0 Å². The summed E-state index contributed by atoms with van der Waals surface area (Å²) in [7, 11) is 0. The quantitative estimate of drug-likeness (QED) is 0.176. The fourth-order valence-electron chi connectivity index (χ4n) is 9.13. The van der Waals surface area contributed by atoms with Crippen LogP contribution in [0.5, 0.6) is 0 Å². The molecule has 1 heterocycles. The molecule has 0 fully saturated rings. The molecule has 0 atom stereocenters.